The van der Waals surface area contributed by atoms with Gasteiger partial charge in [0.05, 0.1) is 10.7 Å². The molecule has 1 aromatic heterocycles. The van der Waals surface area contributed by atoms with Crippen molar-refractivity contribution in [3.63, 3.8) is 0 Å². The maximum absolute atomic E-state index is 4.60. The maximum atomic E-state index is 4.60. The number of thiazole rings is 1. The summed E-state index contributed by atoms with van der Waals surface area (Å²) in [6.07, 6.45) is 0.918. The average Bonchev–Trinajstić information content (AvgIpc) is 3.09. The Bertz CT molecular complexity index is 792. The zero-order chi connectivity index (χ0) is 21.3. The van der Waals surface area contributed by atoms with E-state index in [0.29, 0.717) is 0 Å². The van der Waals surface area contributed by atoms with Gasteiger partial charge in [-0.15, -0.1) is 35.3 Å². The van der Waals surface area contributed by atoms with Crippen LogP contribution in [0.1, 0.15) is 33.6 Å². The van der Waals surface area contributed by atoms with Gasteiger partial charge in [0.1, 0.15) is 0 Å². The standard InChI is InChI=1S/C23H36N6S.HI/c1-5-28-12-14-29(15-13-28)17-21-8-6-20(7-9-21)16-26-23(24-4)25-11-10-22-27-18(2)19(3)30-22;/h6-9H,5,10-17H2,1-4H3,(H2,24,25,26);1H. The SMILES string of the molecule is CCN1CCN(Cc2ccc(CNC(=NC)NCCc3nc(C)c(C)s3)cc2)CC1.I. The molecule has 0 spiro atoms. The summed E-state index contributed by atoms with van der Waals surface area (Å²) in [4.78, 5) is 15.3. The molecule has 0 radical (unpaired) electrons. The van der Waals surface area contributed by atoms with E-state index in [2.05, 4.69) is 75.4 Å². The first kappa shape index (κ1) is 26.0. The lowest BCUT2D eigenvalue weighted by Crippen LogP contribution is -2.45. The second-order valence-corrected chi connectivity index (χ2v) is 9.17. The van der Waals surface area contributed by atoms with Crippen molar-refractivity contribution in [2.75, 3.05) is 46.3 Å². The monoisotopic (exact) mass is 556 g/mol. The van der Waals surface area contributed by atoms with E-state index in [0.717, 1.165) is 44.3 Å². The van der Waals surface area contributed by atoms with Crippen LogP contribution in [0.25, 0.3) is 0 Å². The minimum Gasteiger partial charge on any atom is -0.356 e. The van der Waals surface area contributed by atoms with Gasteiger partial charge in [-0.1, -0.05) is 31.2 Å². The Kier molecular flexibility index (Phi) is 11.2. The Balaban J connectivity index is 0.00000341. The highest BCUT2D eigenvalue weighted by Crippen LogP contribution is 2.16. The Hall–Kier alpha value is -1.23. The summed E-state index contributed by atoms with van der Waals surface area (Å²) in [6, 6.07) is 8.96. The number of rotatable bonds is 8. The lowest BCUT2D eigenvalue weighted by atomic mass is 10.1. The van der Waals surface area contributed by atoms with E-state index in [-0.39, 0.29) is 24.0 Å². The van der Waals surface area contributed by atoms with Crippen LogP contribution in [0.2, 0.25) is 0 Å². The lowest BCUT2D eigenvalue weighted by Gasteiger charge is -2.34. The third-order valence-corrected chi connectivity index (χ3v) is 6.86. The van der Waals surface area contributed by atoms with E-state index in [9.17, 15) is 0 Å². The van der Waals surface area contributed by atoms with Crippen molar-refractivity contribution in [3.05, 3.63) is 51.0 Å². The van der Waals surface area contributed by atoms with Crippen molar-refractivity contribution < 1.29 is 0 Å². The van der Waals surface area contributed by atoms with Gasteiger partial charge in [-0.05, 0) is 31.5 Å². The van der Waals surface area contributed by atoms with E-state index < -0.39 is 0 Å². The number of hydrogen-bond acceptors (Lipinski definition) is 5. The third kappa shape index (κ3) is 8.32. The van der Waals surface area contributed by atoms with Gasteiger partial charge in [0.25, 0.3) is 0 Å². The predicted octanol–water partition coefficient (Wildman–Crippen LogP) is 3.42. The van der Waals surface area contributed by atoms with Crippen LogP contribution in [0.3, 0.4) is 0 Å². The quantitative estimate of drug-likeness (QED) is 0.297. The van der Waals surface area contributed by atoms with Crippen LogP contribution < -0.4 is 10.6 Å². The van der Waals surface area contributed by atoms with Crippen molar-refractivity contribution in [1.29, 1.82) is 0 Å². The molecule has 1 aromatic carbocycles. The van der Waals surface area contributed by atoms with Crippen molar-refractivity contribution in [3.8, 4) is 0 Å². The van der Waals surface area contributed by atoms with E-state index in [1.54, 1.807) is 11.3 Å². The van der Waals surface area contributed by atoms with Crippen molar-refractivity contribution in [2.24, 2.45) is 4.99 Å². The highest BCUT2D eigenvalue weighted by Gasteiger charge is 2.15. The van der Waals surface area contributed by atoms with Gasteiger partial charge in [-0.3, -0.25) is 9.89 Å². The Morgan fingerprint density at radius 1 is 1.03 bits per heavy atom. The molecular formula is C23H37IN6S. The van der Waals surface area contributed by atoms with Gasteiger partial charge >= 0.3 is 0 Å². The van der Waals surface area contributed by atoms with Gasteiger partial charge < -0.3 is 15.5 Å². The number of hydrogen-bond donors (Lipinski definition) is 2. The number of halogens is 1. The molecule has 8 heteroatoms. The Labute approximate surface area is 208 Å². The molecular weight excluding hydrogens is 519 g/mol. The number of piperazine rings is 1. The Morgan fingerprint density at radius 2 is 1.68 bits per heavy atom. The topological polar surface area (TPSA) is 55.8 Å². The van der Waals surface area contributed by atoms with Crippen LogP contribution in [-0.4, -0.2) is 67.1 Å². The summed E-state index contributed by atoms with van der Waals surface area (Å²) >= 11 is 1.78. The number of nitrogens with one attached hydrogen (secondary N) is 2. The molecule has 6 nitrogen and oxygen atoms in total. The fourth-order valence-electron chi connectivity index (χ4n) is 3.62. The highest BCUT2D eigenvalue weighted by molar-refractivity contribution is 14.0. The number of guanidine groups is 1. The summed E-state index contributed by atoms with van der Waals surface area (Å²) in [5.74, 6) is 0.831. The van der Waals surface area contributed by atoms with Gasteiger partial charge in [-0.25, -0.2) is 4.98 Å². The second-order valence-electron chi connectivity index (χ2n) is 7.88. The first-order chi connectivity index (χ1) is 14.6. The molecule has 0 aliphatic carbocycles. The summed E-state index contributed by atoms with van der Waals surface area (Å²) in [5.41, 5.74) is 3.80. The van der Waals surface area contributed by atoms with Gasteiger partial charge in [-0.2, -0.15) is 0 Å². The second kappa shape index (κ2) is 13.3. The van der Waals surface area contributed by atoms with Crippen molar-refractivity contribution in [2.45, 2.75) is 40.3 Å². The molecule has 2 aromatic rings. The molecule has 2 N–H and O–H groups in total. The molecule has 31 heavy (non-hydrogen) atoms. The predicted molar refractivity (Wildman–Crippen MR) is 143 cm³/mol. The van der Waals surface area contributed by atoms with Crippen LogP contribution in [0.4, 0.5) is 0 Å². The van der Waals surface area contributed by atoms with Gasteiger partial charge in [0, 0.05) is 64.2 Å². The molecule has 1 saturated heterocycles. The normalized spacial score (nSPS) is 15.5. The molecule has 1 aliphatic heterocycles. The molecule has 0 atom stereocenters. The van der Waals surface area contributed by atoms with Gasteiger partial charge in [0.15, 0.2) is 5.96 Å². The van der Waals surface area contributed by atoms with Crippen molar-refractivity contribution in [1.82, 2.24) is 25.4 Å². The molecule has 0 bridgehead atoms. The van der Waals surface area contributed by atoms with Crippen LogP contribution in [0.5, 0.6) is 0 Å². The van der Waals surface area contributed by atoms with Crippen LogP contribution in [0, 0.1) is 13.8 Å². The minimum atomic E-state index is 0. The molecule has 1 aliphatic rings. The molecule has 0 amide bonds. The Morgan fingerprint density at radius 3 is 2.26 bits per heavy atom. The van der Waals surface area contributed by atoms with Crippen LogP contribution in [0.15, 0.2) is 29.3 Å². The number of aryl methyl sites for hydroxylation is 2. The largest absolute Gasteiger partial charge is 0.356 e. The summed E-state index contributed by atoms with van der Waals surface area (Å²) < 4.78 is 0. The average molecular weight is 557 g/mol. The molecule has 172 valence electrons. The zero-order valence-electron chi connectivity index (χ0n) is 19.3. The highest BCUT2D eigenvalue weighted by atomic mass is 127. The molecule has 1 fully saturated rings. The number of likely N-dealkylation sites (N-methyl/N-ethyl adjacent to an activating group) is 1. The fraction of sp³-hybridized carbons (Fsp3) is 0.565. The minimum absolute atomic E-state index is 0. The molecule has 0 saturated carbocycles. The van der Waals surface area contributed by atoms with E-state index in [4.69, 9.17) is 0 Å². The summed E-state index contributed by atoms with van der Waals surface area (Å²) in [5, 5.41) is 7.97. The summed E-state index contributed by atoms with van der Waals surface area (Å²) in [6.45, 7) is 15.0. The molecule has 2 heterocycles. The van der Waals surface area contributed by atoms with Gasteiger partial charge in [0.2, 0.25) is 0 Å². The molecule has 3 rings (SSSR count). The first-order valence-electron chi connectivity index (χ1n) is 11.0. The number of nitrogens with zero attached hydrogens (tertiary/aromatic N) is 4. The lowest BCUT2D eigenvalue weighted by molar-refractivity contribution is 0.132. The maximum Gasteiger partial charge on any atom is 0.191 e. The van der Waals surface area contributed by atoms with E-state index in [1.165, 1.54) is 47.2 Å². The van der Waals surface area contributed by atoms with Crippen LogP contribution in [-0.2, 0) is 19.5 Å². The number of benzene rings is 1. The van der Waals surface area contributed by atoms with E-state index in [1.807, 2.05) is 7.05 Å². The summed E-state index contributed by atoms with van der Waals surface area (Å²) in [7, 11) is 1.81. The third-order valence-electron chi connectivity index (χ3n) is 5.73. The van der Waals surface area contributed by atoms with E-state index >= 15 is 0 Å². The smallest absolute Gasteiger partial charge is 0.191 e. The first-order valence-corrected chi connectivity index (χ1v) is 11.8. The molecule has 0 unspecified atom stereocenters. The van der Waals surface area contributed by atoms with Crippen LogP contribution >= 0.6 is 35.3 Å². The number of aromatic nitrogens is 1. The zero-order valence-corrected chi connectivity index (χ0v) is 22.4. The van der Waals surface area contributed by atoms with Crippen molar-refractivity contribution >= 4 is 41.3 Å². The number of aliphatic imine (C=N–C) groups is 1. The fourth-order valence-corrected chi connectivity index (χ4v) is 4.56.